The lowest BCUT2D eigenvalue weighted by Gasteiger charge is -2.36. The van der Waals surface area contributed by atoms with E-state index in [2.05, 4.69) is 30.4 Å². The number of nitrogens with one attached hydrogen (secondary N) is 1. The van der Waals surface area contributed by atoms with Crippen LogP contribution in [0.2, 0.25) is 0 Å². The molecule has 1 aliphatic heterocycles. The first kappa shape index (κ1) is 35.9. The van der Waals surface area contributed by atoms with Gasteiger partial charge in [-0.2, -0.15) is 9.78 Å². The number of nitrogens with two attached hydrogens (primary N) is 1. The summed E-state index contributed by atoms with van der Waals surface area (Å²) >= 11 is 0. The number of ether oxygens (including phenoxy) is 1. The third-order valence-electron chi connectivity index (χ3n) is 8.59. The lowest BCUT2D eigenvalue weighted by atomic mass is 9.86. The molecule has 0 bridgehead atoms. The summed E-state index contributed by atoms with van der Waals surface area (Å²) in [6.07, 6.45) is 5.48. The molecular weight excluding hydrogens is 671 g/mol. The van der Waals surface area contributed by atoms with Crippen molar-refractivity contribution in [1.29, 1.82) is 0 Å². The van der Waals surface area contributed by atoms with Gasteiger partial charge in [0.2, 0.25) is 0 Å². The molecule has 0 radical (unpaired) electrons. The van der Waals surface area contributed by atoms with Crippen molar-refractivity contribution in [3.8, 4) is 11.5 Å². The van der Waals surface area contributed by atoms with E-state index in [4.69, 9.17) is 10.5 Å². The number of carbonyl (C=O) groups is 2. The third kappa shape index (κ3) is 7.28. The van der Waals surface area contributed by atoms with Crippen molar-refractivity contribution >= 4 is 40.1 Å². The predicted molar refractivity (Wildman–Crippen MR) is 193 cm³/mol. The molecule has 2 amide bonds. The molecular formula is C36H41FN10O5. The van der Waals surface area contributed by atoms with Gasteiger partial charge in [0.05, 0.1) is 35.8 Å². The first-order chi connectivity index (χ1) is 24.5. The van der Waals surface area contributed by atoms with Crippen LogP contribution in [0.4, 0.5) is 26.5 Å². The van der Waals surface area contributed by atoms with Gasteiger partial charge < -0.3 is 30.7 Å². The van der Waals surface area contributed by atoms with Crippen LogP contribution in [0.3, 0.4) is 0 Å². The maximum atomic E-state index is 15.4. The Bertz CT molecular complexity index is 2210. The van der Waals surface area contributed by atoms with Crippen molar-refractivity contribution in [2.24, 2.45) is 5.73 Å². The number of carbonyl (C=O) groups excluding carboxylic acids is 2. The van der Waals surface area contributed by atoms with Crippen LogP contribution in [0, 0.1) is 5.82 Å². The minimum atomic E-state index is -0.773. The van der Waals surface area contributed by atoms with E-state index < -0.39 is 29.5 Å². The van der Waals surface area contributed by atoms with E-state index in [0.29, 0.717) is 42.9 Å². The maximum Gasteiger partial charge on any atom is 0.410 e. The molecule has 4 aromatic heterocycles. The maximum absolute atomic E-state index is 15.4. The molecule has 15 nitrogen and oxygen atoms in total. The van der Waals surface area contributed by atoms with E-state index in [1.807, 2.05) is 47.6 Å². The Balaban J connectivity index is 1.25. The molecule has 1 fully saturated rings. The Morgan fingerprint density at radius 1 is 1.02 bits per heavy atom. The van der Waals surface area contributed by atoms with Crippen LogP contribution in [0.15, 0.2) is 59.9 Å². The van der Waals surface area contributed by atoms with Crippen molar-refractivity contribution in [2.75, 3.05) is 36.4 Å². The van der Waals surface area contributed by atoms with Crippen molar-refractivity contribution in [3.63, 3.8) is 0 Å². The summed E-state index contributed by atoms with van der Waals surface area (Å²) < 4.78 is 23.1. The van der Waals surface area contributed by atoms with Crippen LogP contribution in [-0.4, -0.2) is 83.3 Å². The summed E-state index contributed by atoms with van der Waals surface area (Å²) in [6, 6.07) is 8.19. The quantitative estimate of drug-likeness (QED) is 0.220. The second-order valence-corrected chi connectivity index (χ2v) is 14.5. The molecule has 1 aromatic carbocycles. The molecule has 1 saturated heterocycles. The minimum Gasteiger partial charge on any atom is -0.444 e. The molecule has 4 N–H and O–H groups in total. The van der Waals surface area contributed by atoms with E-state index in [1.165, 1.54) is 35.4 Å². The average molecular weight is 713 g/mol. The number of fused-ring (bicyclic) bond motifs is 1. The summed E-state index contributed by atoms with van der Waals surface area (Å²) in [5, 5.41) is 22.5. The summed E-state index contributed by atoms with van der Waals surface area (Å²) in [4.78, 5) is 51.1. The molecule has 0 aliphatic carbocycles. The van der Waals surface area contributed by atoms with Crippen molar-refractivity contribution in [3.05, 3.63) is 88.0 Å². The fraction of sp³-hybridized carbons (Fsp3) is 0.361. The van der Waals surface area contributed by atoms with Gasteiger partial charge in [-0.25, -0.2) is 23.8 Å². The lowest BCUT2D eigenvalue weighted by Crippen LogP contribution is -2.50. The largest absolute Gasteiger partial charge is 0.444 e. The molecule has 6 rings (SSSR count). The number of primary amides is 1. The SMILES string of the molecule is CC(C)(C)OC(=O)N1CCN(c2ccc(Nc3nn(-c4ccnc(-n5ncc6cc(C(C)(C)C)cc(F)c6c5=O)c4CO)cc3C(N)=O)nc2)CC1. The van der Waals surface area contributed by atoms with Gasteiger partial charge in [-0.05, 0) is 62.1 Å². The van der Waals surface area contributed by atoms with Gasteiger partial charge in [0.25, 0.3) is 11.5 Å². The normalized spacial score (nSPS) is 13.8. The number of amides is 2. The molecule has 5 heterocycles. The highest BCUT2D eigenvalue weighted by Crippen LogP contribution is 2.28. The van der Waals surface area contributed by atoms with E-state index in [1.54, 1.807) is 23.2 Å². The average Bonchev–Trinajstić information content (AvgIpc) is 3.51. The number of nitrogens with zero attached hydrogens (tertiary/aromatic N) is 8. The number of pyridine rings is 2. The van der Waals surface area contributed by atoms with Crippen LogP contribution in [0.25, 0.3) is 22.3 Å². The Kier molecular flexibility index (Phi) is 9.44. The highest BCUT2D eigenvalue weighted by molar-refractivity contribution is 5.98. The van der Waals surface area contributed by atoms with Gasteiger partial charge >= 0.3 is 6.09 Å². The third-order valence-corrected chi connectivity index (χ3v) is 8.59. The second kappa shape index (κ2) is 13.7. The van der Waals surface area contributed by atoms with E-state index in [0.717, 1.165) is 10.4 Å². The van der Waals surface area contributed by atoms with Crippen molar-refractivity contribution in [1.82, 2.24) is 34.4 Å². The number of halogens is 1. The molecule has 52 heavy (non-hydrogen) atoms. The summed E-state index contributed by atoms with van der Waals surface area (Å²) in [5.41, 5.74) is 6.04. The van der Waals surface area contributed by atoms with Gasteiger partial charge in [-0.15, -0.1) is 5.10 Å². The number of aliphatic hydroxyl groups excluding tert-OH is 1. The van der Waals surface area contributed by atoms with Crippen LogP contribution < -0.4 is 21.5 Å². The second-order valence-electron chi connectivity index (χ2n) is 14.5. The number of rotatable bonds is 7. The van der Waals surface area contributed by atoms with Gasteiger partial charge in [-0.1, -0.05) is 20.8 Å². The van der Waals surface area contributed by atoms with Gasteiger partial charge in [0.15, 0.2) is 11.6 Å². The van der Waals surface area contributed by atoms with Gasteiger partial charge in [-0.3, -0.25) is 9.59 Å². The standard InChI is InChI=1S/C36H41FN10O5/c1-35(2,3)22-15-21-17-41-47(33(50)29(21)26(37)16-22)32-25(20-48)27(9-10-39-32)46-19-24(30(38)49)31(43-46)42-28-8-7-23(18-40-28)44-11-13-45(14-12-44)34(51)52-36(4,5)6/h7-10,15-19,48H,11-14,20H2,1-6H3,(H2,38,49)(H,40,42,43). The zero-order chi connectivity index (χ0) is 37.5. The van der Waals surface area contributed by atoms with Crippen molar-refractivity contribution < 1.29 is 23.8 Å². The fourth-order valence-corrected chi connectivity index (χ4v) is 5.85. The number of aliphatic hydroxyl groups is 1. The number of hydrogen-bond donors (Lipinski definition) is 3. The molecule has 0 unspecified atom stereocenters. The lowest BCUT2D eigenvalue weighted by molar-refractivity contribution is 0.0240. The van der Waals surface area contributed by atoms with E-state index in [9.17, 15) is 19.5 Å². The van der Waals surface area contributed by atoms with Crippen LogP contribution in [0.5, 0.6) is 0 Å². The molecule has 1 aliphatic rings. The first-order valence-electron chi connectivity index (χ1n) is 16.7. The Hall–Kier alpha value is -5.90. The topological polar surface area (TPSA) is 187 Å². The number of piperazine rings is 1. The Labute approximate surface area is 298 Å². The highest BCUT2D eigenvalue weighted by atomic mass is 19.1. The fourth-order valence-electron chi connectivity index (χ4n) is 5.85. The monoisotopic (exact) mass is 712 g/mol. The number of hydrogen-bond acceptors (Lipinski definition) is 11. The van der Waals surface area contributed by atoms with Crippen LogP contribution in [0.1, 0.15) is 63.0 Å². The van der Waals surface area contributed by atoms with Gasteiger partial charge in [0.1, 0.15) is 22.8 Å². The Morgan fingerprint density at radius 3 is 2.37 bits per heavy atom. The molecule has 5 aromatic rings. The number of benzene rings is 1. The minimum absolute atomic E-state index is 0.0316. The van der Waals surface area contributed by atoms with Crippen molar-refractivity contribution in [2.45, 2.75) is 59.2 Å². The molecule has 0 atom stereocenters. The van der Waals surface area contributed by atoms with E-state index in [-0.39, 0.29) is 45.3 Å². The Morgan fingerprint density at radius 2 is 1.75 bits per heavy atom. The summed E-state index contributed by atoms with van der Waals surface area (Å²) in [7, 11) is 0. The number of anilines is 3. The summed E-state index contributed by atoms with van der Waals surface area (Å²) in [5.74, 6) is -1.03. The molecule has 0 spiro atoms. The molecule has 0 saturated carbocycles. The zero-order valence-corrected chi connectivity index (χ0v) is 29.8. The smallest absolute Gasteiger partial charge is 0.410 e. The first-order valence-corrected chi connectivity index (χ1v) is 16.7. The van der Waals surface area contributed by atoms with Crippen LogP contribution in [-0.2, 0) is 16.8 Å². The predicted octanol–water partition coefficient (Wildman–Crippen LogP) is 4.19. The van der Waals surface area contributed by atoms with Crippen LogP contribution >= 0.6 is 0 Å². The van der Waals surface area contributed by atoms with Gasteiger partial charge in [0, 0.05) is 49.5 Å². The van der Waals surface area contributed by atoms with E-state index >= 15 is 4.39 Å². The highest BCUT2D eigenvalue weighted by Gasteiger charge is 2.27. The summed E-state index contributed by atoms with van der Waals surface area (Å²) in [6.45, 7) is 12.9. The molecule has 272 valence electrons. The zero-order valence-electron chi connectivity index (χ0n) is 29.8. The molecule has 16 heteroatoms. The number of aromatic nitrogens is 6.